The molecular weight excluding hydrogens is 248 g/mol. The molecule has 0 amide bonds. The van der Waals surface area contributed by atoms with Crippen molar-refractivity contribution in [1.29, 1.82) is 0 Å². The molecule has 0 fully saturated rings. The number of nitrogens with one attached hydrogen (secondary N) is 1. The Morgan fingerprint density at radius 1 is 1.44 bits per heavy atom. The molecule has 1 aromatic heterocycles. The molecule has 1 aromatic carbocycles. The van der Waals surface area contributed by atoms with Crippen molar-refractivity contribution in [1.82, 2.24) is 4.98 Å². The number of nitrogens with zero attached hydrogens (tertiary/aromatic N) is 1. The van der Waals surface area contributed by atoms with Crippen molar-refractivity contribution >= 4 is 22.4 Å². The van der Waals surface area contributed by atoms with Crippen LogP contribution in [0.3, 0.4) is 0 Å². The Balaban J connectivity index is 2.01. The summed E-state index contributed by atoms with van der Waals surface area (Å²) < 4.78 is 0. The first kappa shape index (κ1) is 12.6. The van der Waals surface area contributed by atoms with E-state index < -0.39 is 5.97 Å². The highest BCUT2D eigenvalue weighted by Crippen LogP contribution is 2.22. The monoisotopic (exact) mass is 262 g/mol. The zero-order valence-electron chi connectivity index (χ0n) is 9.96. The van der Waals surface area contributed by atoms with Gasteiger partial charge in [0.05, 0.1) is 18.2 Å². The van der Waals surface area contributed by atoms with Gasteiger partial charge in [0.1, 0.15) is 0 Å². The Bertz CT molecular complexity index is 525. The molecule has 2 rings (SSSR count). The van der Waals surface area contributed by atoms with Crippen molar-refractivity contribution in [2.75, 3.05) is 5.32 Å². The molecule has 2 N–H and O–H groups in total. The standard InChI is InChI=1S/C13H14N2O2S/c1-9(10-5-3-2-4-6-10)14-13-15-11(8-18-13)7-12(16)17/h2-6,8-9H,7H2,1H3,(H,14,15)(H,16,17)/t9-/m0/s1. The lowest BCUT2D eigenvalue weighted by Gasteiger charge is -2.12. The van der Waals surface area contributed by atoms with Gasteiger partial charge in [0.25, 0.3) is 0 Å². The van der Waals surface area contributed by atoms with Gasteiger partial charge in [-0.3, -0.25) is 4.79 Å². The summed E-state index contributed by atoms with van der Waals surface area (Å²) in [6.07, 6.45) is -0.0299. The molecule has 2 aromatic rings. The molecule has 5 heteroatoms. The number of carboxylic acids is 1. The van der Waals surface area contributed by atoms with Crippen molar-refractivity contribution in [3.8, 4) is 0 Å². The Hall–Kier alpha value is -1.88. The van der Waals surface area contributed by atoms with Crippen LogP contribution in [0.1, 0.15) is 24.2 Å². The lowest BCUT2D eigenvalue weighted by atomic mass is 10.1. The minimum absolute atomic E-state index is 0.0299. The van der Waals surface area contributed by atoms with Crippen LogP contribution < -0.4 is 5.32 Å². The van der Waals surface area contributed by atoms with E-state index in [1.807, 2.05) is 37.3 Å². The maximum atomic E-state index is 10.6. The van der Waals surface area contributed by atoms with E-state index in [1.54, 1.807) is 5.38 Å². The van der Waals surface area contributed by atoms with Gasteiger partial charge in [0, 0.05) is 5.38 Å². The van der Waals surface area contributed by atoms with Gasteiger partial charge in [-0.1, -0.05) is 30.3 Å². The number of carboxylic acid groups (broad SMARTS) is 1. The van der Waals surface area contributed by atoms with Crippen molar-refractivity contribution in [2.24, 2.45) is 0 Å². The maximum absolute atomic E-state index is 10.6. The fourth-order valence-electron chi connectivity index (χ4n) is 1.62. The van der Waals surface area contributed by atoms with Crippen molar-refractivity contribution in [3.05, 3.63) is 47.0 Å². The predicted octanol–water partition coefficient (Wildman–Crippen LogP) is 2.94. The molecule has 1 heterocycles. The summed E-state index contributed by atoms with van der Waals surface area (Å²) in [5.74, 6) is -0.858. The van der Waals surface area contributed by atoms with E-state index in [4.69, 9.17) is 5.11 Å². The number of thiazole rings is 1. The number of rotatable bonds is 5. The van der Waals surface area contributed by atoms with E-state index in [-0.39, 0.29) is 12.5 Å². The zero-order chi connectivity index (χ0) is 13.0. The molecule has 18 heavy (non-hydrogen) atoms. The van der Waals surface area contributed by atoms with Crippen LogP contribution >= 0.6 is 11.3 Å². The second kappa shape index (κ2) is 5.64. The summed E-state index contributed by atoms with van der Waals surface area (Å²) in [7, 11) is 0. The number of aliphatic carboxylic acids is 1. The van der Waals surface area contributed by atoms with E-state index in [9.17, 15) is 4.79 Å². The van der Waals surface area contributed by atoms with Crippen LogP contribution in [0.5, 0.6) is 0 Å². The quantitative estimate of drug-likeness (QED) is 0.869. The normalized spacial score (nSPS) is 12.1. The third kappa shape index (κ3) is 3.30. The first-order valence-electron chi connectivity index (χ1n) is 5.63. The Labute approximate surface area is 109 Å². The van der Waals surface area contributed by atoms with Gasteiger partial charge in [-0.15, -0.1) is 11.3 Å². The lowest BCUT2D eigenvalue weighted by molar-refractivity contribution is -0.136. The summed E-state index contributed by atoms with van der Waals surface area (Å²) >= 11 is 1.43. The summed E-state index contributed by atoms with van der Waals surface area (Å²) in [6.45, 7) is 2.05. The molecule has 0 bridgehead atoms. The van der Waals surface area contributed by atoms with Gasteiger partial charge < -0.3 is 10.4 Å². The summed E-state index contributed by atoms with van der Waals surface area (Å²) in [6, 6.07) is 10.2. The summed E-state index contributed by atoms with van der Waals surface area (Å²) in [5, 5.41) is 14.5. The minimum atomic E-state index is -0.858. The molecule has 1 atom stereocenters. The minimum Gasteiger partial charge on any atom is -0.481 e. The smallest absolute Gasteiger partial charge is 0.309 e. The van der Waals surface area contributed by atoms with Crippen LogP contribution in [0.4, 0.5) is 5.13 Å². The van der Waals surface area contributed by atoms with E-state index >= 15 is 0 Å². The SMILES string of the molecule is C[C@H](Nc1nc(CC(=O)O)cs1)c1ccccc1. The van der Waals surface area contributed by atoms with Crippen molar-refractivity contribution in [2.45, 2.75) is 19.4 Å². The molecule has 94 valence electrons. The van der Waals surface area contributed by atoms with Crippen LogP contribution in [0, 0.1) is 0 Å². The molecule has 0 aliphatic carbocycles. The predicted molar refractivity (Wildman–Crippen MR) is 71.9 cm³/mol. The molecular formula is C13H14N2O2S. The Morgan fingerprint density at radius 2 is 2.17 bits per heavy atom. The molecule has 0 radical (unpaired) electrons. The number of hydrogen-bond donors (Lipinski definition) is 2. The van der Waals surface area contributed by atoms with Crippen molar-refractivity contribution < 1.29 is 9.90 Å². The first-order chi connectivity index (χ1) is 8.65. The maximum Gasteiger partial charge on any atom is 0.309 e. The van der Waals surface area contributed by atoms with Gasteiger partial charge >= 0.3 is 5.97 Å². The first-order valence-corrected chi connectivity index (χ1v) is 6.51. The molecule has 0 unspecified atom stereocenters. The highest BCUT2D eigenvalue weighted by Gasteiger charge is 2.09. The van der Waals surface area contributed by atoms with E-state index in [1.165, 1.54) is 16.9 Å². The summed E-state index contributed by atoms with van der Waals surface area (Å²) in [5.41, 5.74) is 1.77. The van der Waals surface area contributed by atoms with Crippen LogP contribution in [0.15, 0.2) is 35.7 Å². The van der Waals surface area contributed by atoms with Gasteiger partial charge in [0.15, 0.2) is 5.13 Å². The third-order valence-electron chi connectivity index (χ3n) is 2.52. The summed E-state index contributed by atoms with van der Waals surface area (Å²) in [4.78, 5) is 14.8. The second-order valence-corrected chi connectivity index (χ2v) is 4.85. The molecule has 0 spiro atoms. The lowest BCUT2D eigenvalue weighted by Crippen LogP contribution is -2.06. The molecule has 0 aliphatic heterocycles. The fourth-order valence-corrected chi connectivity index (χ4v) is 2.42. The average Bonchev–Trinajstić information content (AvgIpc) is 2.76. The Kier molecular flexibility index (Phi) is 3.94. The average molecular weight is 262 g/mol. The van der Waals surface area contributed by atoms with E-state index in [0.717, 1.165) is 5.13 Å². The second-order valence-electron chi connectivity index (χ2n) is 3.99. The van der Waals surface area contributed by atoms with E-state index in [0.29, 0.717) is 5.69 Å². The van der Waals surface area contributed by atoms with Crippen molar-refractivity contribution in [3.63, 3.8) is 0 Å². The van der Waals surface area contributed by atoms with Gasteiger partial charge in [-0.05, 0) is 12.5 Å². The third-order valence-corrected chi connectivity index (χ3v) is 3.35. The molecule has 0 saturated carbocycles. The van der Waals surface area contributed by atoms with Gasteiger partial charge in [-0.2, -0.15) is 0 Å². The van der Waals surface area contributed by atoms with Crippen LogP contribution in [-0.4, -0.2) is 16.1 Å². The van der Waals surface area contributed by atoms with Crippen LogP contribution in [-0.2, 0) is 11.2 Å². The van der Waals surface area contributed by atoms with E-state index in [2.05, 4.69) is 10.3 Å². The van der Waals surface area contributed by atoms with Gasteiger partial charge in [-0.25, -0.2) is 4.98 Å². The highest BCUT2D eigenvalue weighted by atomic mass is 32.1. The van der Waals surface area contributed by atoms with Gasteiger partial charge in [0.2, 0.25) is 0 Å². The largest absolute Gasteiger partial charge is 0.481 e. The number of carbonyl (C=O) groups is 1. The van der Waals surface area contributed by atoms with Crippen LogP contribution in [0.25, 0.3) is 0 Å². The topological polar surface area (TPSA) is 62.2 Å². The number of aromatic nitrogens is 1. The number of anilines is 1. The fraction of sp³-hybridized carbons (Fsp3) is 0.231. The number of hydrogen-bond acceptors (Lipinski definition) is 4. The molecule has 4 nitrogen and oxygen atoms in total. The number of benzene rings is 1. The van der Waals surface area contributed by atoms with Crippen LogP contribution in [0.2, 0.25) is 0 Å². The molecule has 0 aliphatic rings. The highest BCUT2D eigenvalue weighted by molar-refractivity contribution is 7.13. The zero-order valence-corrected chi connectivity index (χ0v) is 10.8. The Morgan fingerprint density at radius 3 is 2.83 bits per heavy atom. The molecule has 0 saturated heterocycles.